The Bertz CT molecular complexity index is 801. The summed E-state index contributed by atoms with van der Waals surface area (Å²) in [6.07, 6.45) is 1.79. The van der Waals surface area contributed by atoms with Crippen molar-refractivity contribution in [2.24, 2.45) is 0 Å². The van der Waals surface area contributed by atoms with Gasteiger partial charge in [-0.15, -0.1) is 0 Å². The lowest BCUT2D eigenvalue weighted by Gasteiger charge is -2.03. The molecule has 0 saturated carbocycles. The zero-order valence-corrected chi connectivity index (χ0v) is 11.8. The maximum Gasteiger partial charge on any atom is 0.303 e. The van der Waals surface area contributed by atoms with Gasteiger partial charge in [0.25, 0.3) is 0 Å². The van der Waals surface area contributed by atoms with Crippen LogP contribution >= 0.6 is 0 Å². The van der Waals surface area contributed by atoms with Gasteiger partial charge in [-0.3, -0.25) is 9.59 Å². The van der Waals surface area contributed by atoms with Crippen LogP contribution in [0, 0.1) is 0 Å². The van der Waals surface area contributed by atoms with E-state index in [2.05, 4.69) is 5.10 Å². The van der Waals surface area contributed by atoms with Gasteiger partial charge in [0.05, 0.1) is 17.6 Å². The van der Waals surface area contributed by atoms with E-state index in [0.29, 0.717) is 5.56 Å². The number of carbonyl (C=O) groups excluding carboxylic acids is 1. The molecule has 1 N–H and O–H groups in total. The summed E-state index contributed by atoms with van der Waals surface area (Å²) in [6.45, 7) is 0. The van der Waals surface area contributed by atoms with E-state index in [9.17, 15) is 9.59 Å². The molecule has 3 rings (SSSR count). The second-order valence-electron chi connectivity index (χ2n) is 5.00. The first-order valence-electron chi connectivity index (χ1n) is 6.93. The molecule has 0 aliphatic rings. The van der Waals surface area contributed by atoms with Crippen LogP contribution in [0.15, 0.2) is 54.7 Å². The number of fused-ring (bicyclic) bond motifs is 1. The number of rotatable bonds is 5. The number of nitrogens with zero attached hydrogens (tertiary/aromatic N) is 2. The van der Waals surface area contributed by atoms with Gasteiger partial charge in [-0.05, 0) is 30.3 Å². The van der Waals surface area contributed by atoms with E-state index >= 15 is 0 Å². The van der Waals surface area contributed by atoms with Crippen LogP contribution < -0.4 is 0 Å². The van der Waals surface area contributed by atoms with Crippen LogP contribution in [-0.2, 0) is 4.79 Å². The van der Waals surface area contributed by atoms with Gasteiger partial charge >= 0.3 is 5.97 Å². The number of carbonyl (C=O) groups is 2. The van der Waals surface area contributed by atoms with Crippen LogP contribution in [0.5, 0.6) is 0 Å². The van der Waals surface area contributed by atoms with E-state index < -0.39 is 5.97 Å². The molecule has 0 fully saturated rings. The fourth-order valence-corrected chi connectivity index (χ4v) is 2.26. The number of hydrogen-bond donors (Lipinski definition) is 1. The van der Waals surface area contributed by atoms with Gasteiger partial charge in [0, 0.05) is 23.6 Å². The number of aliphatic carboxylic acids is 1. The highest BCUT2D eigenvalue weighted by Gasteiger charge is 2.09. The van der Waals surface area contributed by atoms with Gasteiger partial charge in [0.15, 0.2) is 5.78 Å². The highest BCUT2D eigenvalue weighted by Crippen LogP contribution is 2.16. The number of ketones is 1. The Morgan fingerprint density at radius 1 is 1.00 bits per heavy atom. The molecule has 0 unspecified atom stereocenters. The Morgan fingerprint density at radius 2 is 1.73 bits per heavy atom. The standard InChI is InChI=1S/C17H14N2O3/c20-16(9-10-17(21)22)12-5-7-14(8-6-12)19-11-13-3-1-2-4-15(13)18-19/h1-8,11H,9-10H2,(H,21,22). The van der Waals surface area contributed by atoms with Gasteiger partial charge < -0.3 is 5.11 Å². The first-order valence-corrected chi connectivity index (χ1v) is 6.93. The average Bonchev–Trinajstić information content (AvgIpc) is 2.96. The summed E-state index contributed by atoms with van der Waals surface area (Å²) in [5, 5.41) is 14.1. The normalized spacial score (nSPS) is 10.7. The topological polar surface area (TPSA) is 72.2 Å². The van der Waals surface area contributed by atoms with E-state index in [1.54, 1.807) is 28.9 Å². The van der Waals surface area contributed by atoms with Crippen molar-refractivity contribution < 1.29 is 14.7 Å². The smallest absolute Gasteiger partial charge is 0.303 e. The monoisotopic (exact) mass is 294 g/mol. The van der Waals surface area contributed by atoms with Gasteiger partial charge in [0.1, 0.15) is 0 Å². The Kier molecular flexibility index (Phi) is 3.70. The van der Waals surface area contributed by atoms with E-state index in [0.717, 1.165) is 16.6 Å². The van der Waals surface area contributed by atoms with Crippen LogP contribution in [0.25, 0.3) is 16.6 Å². The Morgan fingerprint density at radius 3 is 2.41 bits per heavy atom. The Balaban J connectivity index is 1.81. The summed E-state index contributed by atoms with van der Waals surface area (Å²) in [6, 6.07) is 14.8. The predicted molar refractivity (Wildman–Crippen MR) is 82.3 cm³/mol. The molecule has 0 amide bonds. The van der Waals surface area contributed by atoms with Gasteiger partial charge in [-0.1, -0.05) is 18.2 Å². The second kappa shape index (κ2) is 5.81. The molecule has 0 saturated heterocycles. The summed E-state index contributed by atoms with van der Waals surface area (Å²) in [5.74, 6) is -1.13. The van der Waals surface area contributed by atoms with Crippen molar-refractivity contribution in [1.82, 2.24) is 9.78 Å². The molecular weight excluding hydrogens is 280 g/mol. The minimum absolute atomic E-state index is 0.0142. The van der Waals surface area contributed by atoms with E-state index in [4.69, 9.17) is 5.11 Å². The zero-order valence-electron chi connectivity index (χ0n) is 11.8. The van der Waals surface area contributed by atoms with Crippen LogP contribution in [0.4, 0.5) is 0 Å². The number of carboxylic acid groups (broad SMARTS) is 1. The molecule has 5 heteroatoms. The van der Waals surface area contributed by atoms with E-state index in [-0.39, 0.29) is 18.6 Å². The van der Waals surface area contributed by atoms with Crippen LogP contribution in [0.3, 0.4) is 0 Å². The highest BCUT2D eigenvalue weighted by molar-refractivity contribution is 5.97. The average molecular weight is 294 g/mol. The van der Waals surface area contributed by atoms with Gasteiger partial charge in [0.2, 0.25) is 0 Å². The van der Waals surface area contributed by atoms with Crippen molar-refractivity contribution in [3.8, 4) is 5.69 Å². The number of carboxylic acids is 1. The van der Waals surface area contributed by atoms with Crippen LogP contribution in [-0.4, -0.2) is 26.6 Å². The molecule has 2 aromatic carbocycles. The van der Waals surface area contributed by atoms with Crippen molar-refractivity contribution in [1.29, 1.82) is 0 Å². The van der Waals surface area contributed by atoms with Gasteiger partial charge in [-0.2, -0.15) is 5.10 Å². The molecular formula is C17H14N2O3. The van der Waals surface area contributed by atoms with Crippen molar-refractivity contribution in [2.75, 3.05) is 0 Å². The molecule has 3 aromatic rings. The molecule has 1 heterocycles. The lowest BCUT2D eigenvalue weighted by Crippen LogP contribution is -2.04. The third kappa shape index (κ3) is 2.88. The van der Waals surface area contributed by atoms with Crippen molar-refractivity contribution in [2.45, 2.75) is 12.8 Å². The molecule has 5 nitrogen and oxygen atoms in total. The summed E-state index contributed by atoms with van der Waals surface area (Å²) in [5.41, 5.74) is 2.27. The molecule has 0 bridgehead atoms. The minimum atomic E-state index is -0.965. The number of Topliss-reactive ketones (excluding diaryl/α,β-unsaturated/α-hetero) is 1. The predicted octanol–water partition coefficient (Wildman–Crippen LogP) is 3.07. The third-order valence-corrected chi connectivity index (χ3v) is 3.43. The fraction of sp³-hybridized carbons (Fsp3) is 0.118. The van der Waals surface area contributed by atoms with E-state index in [1.807, 2.05) is 30.5 Å². The van der Waals surface area contributed by atoms with Crippen LogP contribution in [0.2, 0.25) is 0 Å². The minimum Gasteiger partial charge on any atom is -0.481 e. The summed E-state index contributed by atoms with van der Waals surface area (Å²) in [4.78, 5) is 22.3. The first-order chi connectivity index (χ1) is 10.6. The molecule has 110 valence electrons. The highest BCUT2D eigenvalue weighted by atomic mass is 16.4. The van der Waals surface area contributed by atoms with Crippen molar-refractivity contribution in [3.05, 3.63) is 60.3 Å². The number of benzene rings is 2. The molecule has 22 heavy (non-hydrogen) atoms. The van der Waals surface area contributed by atoms with Gasteiger partial charge in [-0.25, -0.2) is 4.68 Å². The molecule has 0 radical (unpaired) electrons. The Hall–Kier alpha value is -2.95. The summed E-state index contributed by atoms with van der Waals surface area (Å²) in [7, 11) is 0. The fourth-order valence-electron chi connectivity index (χ4n) is 2.26. The summed E-state index contributed by atoms with van der Waals surface area (Å²) >= 11 is 0. The maximum absolute atomic E-state index is 11.9. The number of aromatic nitrogens is 2. The van der Waals surface area contributed by atoms with Crippen molar-refractivity contribution >= 4 is 22.7 Å². The zero-order chi connectivity index (χ0) is 15.5. The lowest BCUT2D eigenvalue weighted by atomic mass is 10.1. The second-order valence-corrected chi connectivity index (χ2v) is 5.00. The SMILES string of the molecule is O=C(O)CCC(=O)c1ccc(-n2cc3ccccc3n2)cc1. The molecule has 0 atom stereocenters. The first kappa shape index (κ1) is 14.0. The van der Waals surface area contributed by atoms with Crippen LogP contribution in [0.1, 0.15) is 23.2 Å². The van der Waals surface area contributed by atoms with Crippen molar-refractivity contribution in [3.63, 3.8) is 0 Å². The number of hydrogen-bond acceptors (Lipinski definition) is 3. The lowest BCUT2D eigenvalue weighted by molar-refractivity contribution is -0.136. The maximum atomic E-state index is 11.9. The summed E-state index contributed by atoms with van der Waals surface area (Å²) < 4.78 is 1.76. The molecule has 0 aliphatic heterocycles. The molecule has 1 aromatic heterocycles. The molecule has 0 aliphatic carbocycles. The third-order valence-electron chi connectivity index (χ3n) is 3.43. The quantitative estimate of drug-likeness (QED) is 0.734. The Labute approximate surface area is 126 Å². The largest absolute Gasteiger partial charge is 0.481 e. The van der Waals surface area contributed by atoms with E-state index in [1.165, 1.54) is 0 Å². The molecule has 0 spiro atoms.